The summed E-state index contributed by atoms with van der Waals surface area (Å²) in [5, 5.41) is 8.59. The van der Waals surface area contributed by atoms with Gasteiger partial charge in [0.1, 0.15) is 0 Å². The largest absolute Gasteiger partial charge is 0.395 e. The van der Waals surface area contributed by atoms with E-state index in [9.17, 15) is 8.42 Å². The first-order valence-electron chi connectivity index (χ1n) is 4.78. The van der Waals surface area contributed by atoms with E-state index in [-0.39, 0.29) is 12.4 Å². The van der Waals surface area contributed by atoms with Gasteiger partial charge in [0, 0.05) is 0 Å². The lowest BCUT2D eigenvalue weighted by Gasteiger charge is -2.10. The Morgan fingerprint density at radius 1 is 1.33 bits per heavy atom. The van der Waals surface area contributed by atoms with Gasteiger partial charge in [0.15, 0.2) is 0 Å². The van der Waals surface area contributed by atoms with Crippen molar-refractivity contribution in [1.82, 2.24) is 0 Å². The summed E-state index contributed by atoms with van der Waals surface area (Å²) < 4.78 is 25.2. The van der Waals surface area contributed by atoms with Crippen LogP contribution in [0.5, 0.6) is 0 Å². The second-order valence-electron chi connectivity index (χ2n) is 3.16. The summed E-state index contributed by atoms with van der Waals surface area (Å²) in [5.41, 5.74) is 1.53. The number of aliphatic hydroxyl groups excluding tert-OH is 1. The van der Waals surface area contributed by atoms with Crippen LogP contribution in [-0.2, 0) is 16.4 Å². The fourth-order valence-corrected chi connectivity index (χ4v) is 2.14. The van der Waals surface area contributed by atoms with E-state index in [4.69, 9.17) is 5.11 Å². The van der Waals surface area contributed by atoms with Gasteiger partial charge in [-0.2, -0.15) is 0 Å². The molecule has 84 valence electrons. The van der Waals surface area contributed by atoms with Crippen LogP contribution in [0.4, 0.5) is 5.69 Å². The van der Waals surface area contributed by atoms with E-state index < -0.39 is 10.0 Å². The first-order chi connectivity index (χ1) is 7.09. The summed E-state index contributed by atoms with van der Waals surface area (Å²) in [6.07, 6.45) is 0.762. The number of hydrogen-bond acceptors (Lipinski definition) is 3. The zero-order valence-corrected chi connectivity index (χ0v) is 9.42. The Morgan fingerprint density at radius 2 is 2.00 bits per heavy atom. The maximum absolute atomic E-state index is 11.4. The van der Waals surface area contributed by atoms with Gasteiger partial charge in [0.25, 0.3) is 0 Å². The predicted octanol–water partition coefficient (Wildman–Crippen LogP) is 0.983. The van der Waals surface area contributed by atoms with Gasteiger partial charge in [0.2, 0.25) is 10.0 Å². The molecule has 0 heterocycles. The summed E-state index contributed by atoms with van der Waals surface area (Å²) >= 11 is 0. The average molecular weight is 229 g/mol. The van der Waals surface area contributed by atoms with Gasteiger partial charge in [-0.15, -0.1) is 0 Å². The van der Waals surface area contributed by atoms with E-state index in [0.29, 0.717) is 5.69 Å². The third kappa shape index (κ3) is 3.53. The molecule has 1 rings (SSSR count). The minimum atomic E-state index is -3.42. The second-order valence-corrected chi connectivity index (χ2v) is 5.00. The molecule has 0 fully saturated rings. The van der Waals surface area contributed by atoms with Crippen molar-refractivity contribution in [3.63, 3.8) is 0 Å². The Hall–Kier alpha value is -1.07. The van der Waals surface area contributed by atoms with Crippen LogP contribution in [-0.4, -0.2) is 25.9 Å². The van der Waals surface area contributed by atoms with Crippen molar-refractivity contribution in [2.24, 2.45) is 0 Å². The molecule has 0 unspecified atom stereocenters. The normalized spacial score (nSPS) is 11.3. The van der Waals surface area contributed by atoms with E-state index >= 15 is 0 Å². The lowest BCUT2D eigenvalue weighted by atomic mass is 10.1. The fraction of sp³-hybridized carbons (Fsp3) is 0.400. The fourth-order valence-electron chi connectivity index (χ4n) is 1.27. The van der Waals surface area contributed by atoms with Crippen LogP contribution in [0, 0.1) is 0 Å². The highest BCUT2D eigenvalue weighted by Gasteiger charge is 2.10. The van der Waals surface area contributed by atoms with Crippen molar-refractivity contribution in [3.8, 4) is 0 Å². The molecule has 0 aliphatic heterocycles. The zero-order chi connectivity index (χ0) is 11.3. The molecule has 5 heteroatoms. The quantitative estimate of drug-likeness (QED) is 0.791. The van der Waals surface area contributed by atoms with Crippen molar-refractivity contribution in [2.75, 3.05) is 17.1 Å². The smallest absolute Gasteiger partial charge is 0.234 e. The highest BCUT2D eigenvalue weighted by atomic mass is 32.2. The Kier molecular flexibility index (Phi) is 4.11. The Labute approximate surface area is 90.0 Å². The number of aryl methyl sites for hydroxylation is 1. The maximum Gasteiger partial charge on any atom is 0.234 e. The number of aliphatic hydroxyl groups is 1. The molecule has 0 saturated carbocycles. The molecular formula is C10H15NO3S. The zero-order valence-electron chi connectivity index (χ0n) is 8.60. The van der Waals surface area contributed by atoms with Crippen molar-refractivity contribution >= 4 is 15.7 Å². The van der Waals surface area contributed by atoms with Crippen molar-refractivity contribution in [3.05, 3.63) is 29.8 Å². The minimum Gasteiger partial charge on any atom is -0.395 e. The van der Waals surface area contributed by atoms with Gasteiger partial charge in [-0.05, 0) is 18.1 Å². The van der Waals surface area contributed by atoms with Gasteiger partial charge >= 0.3 is 0 Å². The van der Waals surface area contributed by atoms with Gasteiger partial charge in [-0.3, -0.25) is 4.72 Å². The van der Waals surface area contributed by atoms with Gasteiger partial charge in [-0.1, -0.05) is 25.1 Å². The number of sulfonamides is 1. The van der Waals surface area contributed by atoms with Crippen LogP contribution in [0.2, 0.25) is 0 Å². The molecule has 0 saturated heterocycles. The van der Waals surface area contributed by atoms with Crippen LogP contribution in [0.1, 0.15) is 12.5 Å². The molecule has 2 N–H and O–H groups in total. The average Bonchev–Trinajstić information content (AvgIpc) is 2.17. The van der Waals surface area contributed by atoms with E-state index in [1.54, 1.807) is 12.1 Å². The highest BCUT2D eigenvalue weighted by molar-refractivity contribution is 7.92. The molecule has 0 spiro atoms. The number of nitrogens with one attached hydrogen (secondary N) is 1. The lowest BCUT2D eigenvalue weighted by Crippen LogP contribution is -2.19. The maximum atomic E-state index is 11.4. The van der Waals surface area contributed by atoms with E-state index in [0.717, 1.165) is 12.0 Å². The third-order valence-corrected chi connectivity index (χ3v) is 3.27. The van der Waals surface area contributed by atoms with E-state index in [1.165, 1.54) is 0 Å². The minimum absolute atomic E-state index is 0.273. The van der Waals surface area contributed by atoms with Crippen molar-refractivity contribution in [1.29, 1.82) is 0 Å². The highest BCUT2D eigenvalue weighted by Crippen LogP contribution is 2.16. The summed E-state index contributed by atoms with van der Waals surface area (Å²) in [5.74, 6) is -0.273. The Bertz CT molecular complexity index is 414. The topological polar surface area (TPSA) is 66.4 Å². The van der Waals surface area contributed by atoms with Gasteiger partial charge in [-0.25, -0.2) is 8.42 Å². The molecule has 1 aromatic carbocycles. The van der Waals surface area contributed by atoms with Crippen LogP contribution in [0.15, 0.2) is 24.3 Å². The first kappa shape index (κ1) is 12.0. The number of para-hydroxylation sites is 1. The van der Waals surface area contributed by atoms with E-state index in [1.807, 2.05) is 19.1 Å². The number of anilines is 1. The lowest BCUT2D eigenvalue weighted by molar-refractivity contribution is 0.320. The molecule has 15 heavy (non-hydrogen) atoms. The summed E-state index contributed by atoms with van der Waals surface area (Å²) in [7, 11) is -3.42. The molecule has 0 radical (unpaired) electrons. The van der Waals surface area contributed by atoms with Gasteiger partial charge < -0.3 is 5.11 Å². The van der Waals surface area contributed by atoms with Crippen molar-refractivity contribution in [2.45, 2.75) is 13.3 Å². The molecule has 1 aromatic rings. The molecular weight excluding hydrogens is 214 g/mol. The summed E-state index contributed by atoms with van der Waals surface area (Å²) in [6, 6.07) is 7.23. The Balaban J connectivity index is 2.89. The predicted molar refractivity (Wildman–Crippen MR) is 60.3 cm³/mol. The SMILES string of the molecule is CCc1ccccc1NS(=O)(=O)CCO. The van der Waals surface area contributed by atoms with E-state index in [2.05, 4.69) is 4.72 Å². The molecule has 0 amide bonds. The standard InChI is InChI=1S/C10H15NO3S/c1-2-9-5-3-4-6-10(9)11-15(13,14)8-7-12/h3-6,11-12H,2,7-8H2,1H3. The summed E-state index contributed by atoms with van der Waals surface area (Å²) in [6.45, 7) is 1.59. The van der Waals surface area contributed by atoms with Crippen LogP contribution < -0.4 is 4.72 Å². The molecule has 0 aromatic heterocycles. The van der Waals surface area contributed by atoms with Crippen molar-refractivity contribution < 1.29 is 13.5 Å². The monoisotopic (exact) mass is 229 g/mol. The van der Waals surface area contributed by atoms with Crippen LogP contribution in [0.25, 0.3) is 0 Å². The molecule has 0 atom stereocenters. The molecule has 0 aliphatic rings. The molecule has 4 nitrogen and oxygen atoms in total. The first-order valence-corrected chi connectivity index (χ1v) is 6.43. The van der Waals surface area contributed by atoms with Crippen LogP contribution in [0.3, 0.4) is 0 Å². The number of hydrogen-bond donors (Lipinski definition) is 2. The third-order valence-electron chi connectivity index (χ3n) is 2.02. The number of benzene rings is 1. The van der Waals surface area contributed by atoms with Crippen LogP contribution >= 0.6 is 0 Å². The summed E-state index contributed by atoms with van der Waals surface area (Å²) in [4.78, 5) is 0. The van der Waals surface area contributed by atoms with Gasteiger partial charge in [0.05, 0.1) is 18.0 Å². The Morgan fingerprint density at radius 3 is 2.60 bits per heavy atom. The molecule has 0 aliphatic carbocycles. The molecule has 0 bridgehead atoms. The number of rotatable bonds is 5. The second kappa shape index (κ2) is 5.14.